The van der Waals surface area contributed by atoms with Crippen LogP contribution in [0.1, 0.15) is 19.8 Å². The van der Waals surface area contributed by atoms with Crippen molar-refractivity contribution < 1.29 is 16.5 Å². The molecular formula is C16H19NiP. The van der Waals surface area contributed by atoms with Crippen molar-refractivity contribution in [1.29, 1.82) is 0 Å². The fourth-order valence-corrected chi connectivity index (χ4v) is 4.45. The van der Waals surface area contributed by atoms with Crippen LogP contribution in [-0.2, 0) is 16.5 Å². The summed E-state index contributed by atoms with van der Waals surface area (Å²) < 4.78 is 0. The van der Waals surface area contributed by atoms with Gasteiger partial charge in [-0.3, -0.25) is 0 Å². The fourth-order valence-electron chi connectivity index (χ4n) is 1.94. The van der Waals surface area contributed by atoms with Gasteiger partial charge in [0.1, 0.15) is 0 Å². The van der Waals surface area contributed by atoms with Gasteiger partial charge in [-0.1, -0.05) is 74.0 Å². The summed E-state index contributed by atoms with van der Waals surface area (Å²) in [6.07, 6.45) is 3.90. The van der Waals surface area contributed by atoms with Crippen LogP contribution in [0.15, 0.2) is 60.7 Å². The van der Waals surface area contributed by atoms with Crippen LogP contribution in [0.5, 0.6) is 0 Å². The van der Waals surface area contributed by atoms with E-state index >= 15 is 0 Å². The molecule has 0 aromatic heterocycles. The zero-order chi connectivity index (χ0) is 11.9. The van der Waals surface area contributed by atoms with Gasteiger partial charge in [0, 0.05) is 16.5 Å². The van der Waals surface area contributed by atoms with E-state index in [4.69, 9.17) is 0 Å². The van der Waals surface area contributed by atoms with Crippen LogP contribution < -0.4 is 10.6 Å². The first-order chi connectivity index (χ1) is 8.42. The molecule has 0 atom stereocenters. The number of rotatable bonds is 5. The summed E-state index contributed by atoms with van der Waals surface area (Å²) in [6.45, 7) is 2.27. The van der Waals surface area contributed by atoms with Crippen molar-refractivity contribution >= 4 is 18.5 Å². The Balaban J connectivity index is 0.00000162. The van der Waals surface area contributed by atoms with Gasteiger partial charge in [0.2, 0.25) is 0 Å². The van der Waals surface area contributed by atoms with Gasteiger partial charge in [-0.2, -0.15) is 0 Å². The molecule has 0 spiro atoms. The Bertz CT molecular complexity index is 388. The van der Waals surface area contributed by atoms with Gasteiger partial charge in [-0.15, -0.1) is 0 Å². The maximum atomic E-state index is 2.27. The summed E-state index contributed by atoms with van der Waals surface area (Å²) in [6, 6.07) is 21.9. The van der Waals surface area contributed by atoms with Crippen LogP contribution >= 0.6 is 7.92 Å². The van der Waals surface area contributed by atoms with Gasteiger partial charge in [0.25, 0.3) is 0 Å². The zero-order valence-electron chi connectivity index (χ0n) is 10.7. The molecule has 0 aliphatic heterocycles. The van der Waals surface area contributed by atoms with Gasteiger partial charge in [0.15, 0.2) is 0 Å². The largest absolute Gasteiger partial charge is 0.0654 e. The molecule has 2 aromatic carbocycles. The van der Waals surface area contributed by atoms with Crippen molar-refractivity contribution in [3.8, 4) is 0 Å². The Morgan fingerprint density at radius 3 is 1.61 bits per heavy atom. The Kier molecular flexibility index (Phi) is 7.25. The average Bonchev–Trinajstić information content (AvgIpc) is 2.42. The van der Waals surface area contributed by atoms with E-state index in [1.165, 1.54) is 29.6 Å². The predicted molar refractivity (Wildman–Crippen MR) is 78.8 cm³/mol. The van der Waals surface area contributed by atoms with Crippen molar-refractivity contribution in [3.05, 3.63) is 60.7 Å². The molecule has 0 unspecified atom stereocenters. The summed E-state index contributed by atoms with van der Waals surface area (Å²) in [5.74, 6) is 0. The first-order valence-electron chi connectivity index (χ1n) is 6.29. The molecule has 0 radical (unpaired) electrons. The second-order valence-corrected chi connectivity index (χ2v) is 6.51. The molecule has 0 bridgehead atoms. The van der Waals surface area contributed by atoms with E-state index in [0.717, 1.165) is 0 Å². The normalized spacial score (nSPS) is 10.1. The van der Waals surface area contributed by atoms with Crippen LogP contribution in [-0.4, -0.2) is 6.16 Å². The van der Waals surface area contributed by atoms with Crippen molar-refractivity contribution in [1.82, 2.24) is 0 Å². The molecule has 0 heterocycles. The molecule has 0 nitrogen and oxygen atoms in total. The summed E-state index contributed by atoms with van der Waals surface area (Å²) in [7, 11) is -0.157. The number of hydrogen-bond acceptors (Lipinski definition) is 0. The molecule has 0 aliphatic carbocycles. The minimum absolute atomic E-state index is 0. The minimum atomic E-state index is -0.157. The van der Waals surface area contributed by atoms with Crippen LogP contribution in [0.3, 0.4) is 0 Å². The van der Waals surface area contributed by atoms with Gasteiger partial charge in [0.05, 0.1) is 0 Å². The van der Waals surface area contributed by atoms with Crippen molar-refractivity contribution in [2.75, 3.05) is 6.16 Å². The Morgan fingerprint density at radius 1 is 0.778 bits per heavy atom. The maximum absolute atomic E-state index is 2.27. The summed E-state index contributed by atoms with van der Waals surface area (Å²) in [5, 5.41) is 3.00. The molecule has 0 amide bonds. The van der Waals surface area contributed by atoms with E-state index in [-0.39, 0.29) is 24.4 Å². The number of unbranched alkanes of at least 4 members (excludes halogenated alkanes) is 1. The Labute approximate surface area is 121 Å². The molecular weight excluding hydrogens is 282 g/mol. The minimum Gasteiger partial charge on any atom is -0.0654 e. The molecule has 98 valence electrons. The fraction of sp³-hybridized carbons (Fsp3) is 0.250. The first kappa shape index (κ1) is 15.4. The van der Waals surface area contributed by atoms with Crippen LogP contribution in [0.2, 0.25) is 0 Å². The molecule has 0 saturated carbocycles. The molecule has 2 rings (SSSR count). The standard InChI is InChI=1S/C16H19P.Ni/c1-2-3-14-17(15-10-6-4-7-11-15)16-12-8-5-9-13-16;/h4-13H,2-3,14H2,1H3;. The monoisotopic (exact) mass is 300 g/mol. The molecule has 0 saturated heterocycles. The van der Waals surface area contributed by atoms with Gasteiger partial charge >= 0.3 is 0 Å². The van der Waals surface area contributed by atoms with Crippen molar-refractivity contribution in [2.24, 2.45) is 0 Å². The van der Waals surface area contributed by atoms with Crippen LogP contribution in [0, 0.1) is 0 Å². The van der Waals surface area contributed by atoms with E-state index < -0.39 is 0 Å². The molecule has 18 heavy (non-hydrogen) atoms. The Hall–Kier alpha value is -0.636. The predicted octanol–water partition coefficient (Wildman–Crippen LogP) is 3.92. The maximum Gasteiger partial charge on any atom is 0 e. The quantitative estimate of drug-likeness (QED) is 0.580. The van der Waals surface area contributed by atoms with Gasteiger partial charge in [-0.25, -0.2) is 0 Å². The molecule has 2 heteroatoms. The zero-order valence-corrected chi connectivity index (χ0v) is 12.5. The molecule has 0 aliphatic rings. The Morgan fingerprint density at radius 2 is 1.22 bits per heavy atom. The van der Waals surface area contributed by atoms with E-state index in [1.54, 1.807) is 0 Å². The molecule has 2 aromatic rings. The average molecular weight is 301 g/mol. The van der Waals surface area contributed by atoms with E-state index in [1.807, 2.05) is 0 Å². The second-order valence-electron chi connectivity index (χ2n) is 4.18. The van der Waals surface area contributed by atoms with Crippen LogP contribution in [0.25, 0.3) is 0 Å². The van der Waals surface area contributed by atoms with Crippen molar-refractivity contribution in [2.45, 2.75) is 19.8 Å². The van der Waals surface area contributed by atoms with E-state index in [9.17, 15) is 0 Å². The van der Waals surface area contributed by atoms with Crippen LogP contribution in [0.4, 0.5) is 0 Å². The number of hydrogen-bond donors (Lipinski definition) is 0. The smallest absolute Gasteiger partial charge is 0 e. The number of benzene rings is 2. The molecule has 0 N–H and O–H groups in total. The second kappa shape index (κ2) is 8.46. The SMILES string of the molecule is CCCCP(c1ccccc1)c1ccccc1.[Ni]. The summed E-state index contributed by atoms with van der Waals surface area (Å²) >= 11 is 0. The van der Waals surface area contributed by atoms with E-state index in [0.29, 0.717) is 0 Å². The topological polar surface area (TPSA) is 0 Å². The van der Waals surface area contributed by atoms with Crippen molar-refractivity contribution in [3.63, 3.8) is 0 Å². The third kappa shape index (κ3) is 4.23. The first-order valence-corrected chi connectivity index (χ1v) is 7.82. The van der Waals surface area contributed by atoms with Gasteiger partial charge in [-0.05, 0) is 31.1 Å². The van der Waals surface area contributed by atoms with Gasteiger partial charge < -0.3 is 0 Å². The third-order valence-electron chi connectivity index (χ3n) is 2.87. The van der Waals surface area contributed by atoms with E-state index in [2.05, 4.69) is 67.6 Å². The summed E-state index contributed by atoms with van der Waals surface area (Å²) in [5.41, 5.74) is 0. The third-order valence-corrected chi connectivity index (χ3v) is 5.48. The molecule has 0 fully saturated rings. The summed E-state index contributed by atoms with van der Waals surface area (Å²) in [4.78, 5) is 0.